The minimum atomic E-state index is 0. The third-order valence-corrected chi connectivity index (χ3v) is 10.7. The first-order valence-corrected chi connectivity index (χ1v) is 11.6. The Hall–Kier alpha value is 1.93. The molecule has 0 bridgehead atoms. The quantitative estimate of drug-likeness (QED) is 0.424. The first-order chi connectivity index (χ1) is 8.93. The van der Waals surface area contributed by atoms with Gasteiger partial charge in [-0.05, 0) is 34.0 Å². The molecule has 0 aliphatic heterocycles. The van der Waals surface area contributed by atoms with Crippen LogP contribution in [0.3, 0.4) is 0 Å². The van der Waals surface area contributed by atoms with Gasteiger partial charge in [0.2, 0.25) is 0 Å². The molecule has 0 spiro atoms. The zero-order chi connectivity index (χ0) is 16.6. The first kappa shape index (κ1) is 35.9. The second-order valence-electron chi connectivity index (χ2n) is 7.46. The van der Waals surface area contributed by atoms with Gasteiger partial charge in [-0.2, -0.15) is 0 Å². The van der Waals surface area contributed by atoms with E-state index in [0.717, 1.165) is 34.0 Å². The van der Waals surface area contributed by atoms with Crippen LogP contribution < -0.4 is 24.8 Å². The maximum absolute atomic E-state index is 2.35. The molecule has 0 N–H and O–H groups in total. The maximum atomic E-state index is 2.35. The number of hydrogen-bond donors (Lipinski definition) is 0. The molecule has 0 aromatic carbocycles. The van der Waals surface area contributed by atoms with Gasteiger partial charge in [0.25, 0.3) is 0 Å². The second-order valence-corrected chi connectivity index (χ2v) is 15.4. The van der Waals surface area contributed by atoms with Gasteiger partial charge in [0.15, 0.2) is 0 Å². The Labute approximate surface area is 173 Å². The van der Waals surface area contributed by atoms with E-state index in [2.05, 4.69) is 83.1 Å². The molecule has 0 fully saturated rings. The Kier molecular flexibility index (Phi) is 29.2. The zero-order valence-electron chi connectivity index (χ0n) is 17.4. The second kappa shape index (κ2) is 18.7. The molecule has 0 nitrogen and oxygen atoms in total. The molecular weight excluding hydrogens is 408 g/mol. The van der Waals surface area contributed by atoms with Crippen molar-refractivity contribution in [3.63, 3.8) is 0 Å². The van der Waals surface area contributed by atoms with Crippen LogP contribution in [-0.2, 0) is 16.5 Å². The van der Waals surface area contributed by atoms with Crippen molar-refractivity contribution in [3.05, 3.63) is 0 Å². The first-order valence-electron chi connectivity index (χ1n) is 8.48. The Balaban J connectivity index is -0.0000000831. The monoisotopic (exact) mass is 448 g/mol. The fourth-order valence-electron chi connectivity index (χ4n) is 3.58. The minimum absolute atomic E-state index is 0. The van der Waals surface area contributed by atoms with Crippen molar-refractivity contribution in [2.45, 2.75) is 117 Å². The summed E-state index contributed by atoms with van der Waals surface area (Å²) >= 11 is 0. The fraction of sp³-hybridized carbons (Fsp3) is 1.00. The van der Waals surface area contributed by atoms with Crippen LogP contribution in [0.5, 0.6) is 0 Å². The molecule has 0 aliphatic rings. The van der Waals surface area contributed by atoms with Crippen molar-refractivity contribution in [1.29, 1.82) is 0 Å². The largest absolute Gasteiger partial charge is 2.00 e. The summed E-state index contributed by atoms with van der Waals surface area (Å²) in [5.41, 5.74) is 5.39. The fourth-order valence-corrected chi connectivity index (χ4v) is 10.7. The van der Waals surface area contributed by atoms with Crippen molar-refractivity contribution >= 4 is 15.8 Å². The van der Waals surface area contributed by atoms with E-state index in [1.165, 1.54) is 0 Å². The van der Waals surface area contributed by atoms with Crippen molar-refractivity contribution < 1.29 is 41.3 Å². The molecule has 0 atom stereocenters. The molecule has 5 heteroatoms. The molecular formula is C18H42Cl2NiP2. The molecule has 0 aromatic rings. The Morgan fingerprint density at radius 1 is 0.348 bits per heavy atom. The molecule has 0 amide bonds. The molecule has 0 saturated carbocycles. The minimum Gasteiger partial charge on any atom is -1.00 e. The SMILES string of the molecule is CC(C)P(C(C)C)C(C)C.CC(C)P(C(C)C)C(C)C.[Cl-].[Cl-].[Ni+2]. The van der Waals surface area contributed by atoms with E-state index in [1.54, 1.807) is 0 Å². The third-order valence-electron chi connectivity index (χ3n) is 3.58. The van der Waals surface area contributed by atoms with Gasteiger partial charge < -0.3 is 24.8 Å². The summed E-state index contributed by atoms with van der Waals surface area (Å²) in [6.45, 7) is 28.2. The molecule has 148 valence electrons. The average molecular weight is 450 g/mol. The summed E-state index contributed by atoms with van der Waals surface area (Å²) in [4.78, 5) is 0. The molecule has 0 radical (unpaired) electrons. The third kappa shape index (κ3) is 17.1. The number of rotatable bonds is 6. The standard InChI is InChI=1S/2C9H21P.2ClH.Ni/c2*1-7(2)10(8(3)4)9(5)6;;;/h2*7-9H,1-6H3;2*1H;/q;;;;+2/p-2. The number of halogens is 2. The van der Waals surface area contributed by atoms with Crippen LogP contribution in [0.2, 0.25) is 0 Å². The van der Waals surface area contributed by atoms with Crippen molar-refractivity contribution in [2.24, 2.45) is 0 Å². The van der Waals surface area contributed by atoms with E-state index in [1.807, 2.05) is 0 Å². The molecule has 0 aliphatic carbocycles. The van der Waals surface area contributed by atoms with E-state index in [4.69, 9.17) is 0 Å². The van der Waals surface area contributed by atoms with Gasteiger partial charge in [0.05, 0.1) is 0 Å². The summed E-state index contributed by atoms with van der Waals surface area (Å²) in [6.07, 6.45) is 0. The topological polar surface area (TPSA) is 0 Å². The zero-order valence-corrected chi connectivity index (χ0v) is 21.7. The van der Waals surface area contributed by atoms with Crippen LogP contribution in [0.25, 0.3) is 0 Å². The summed E-state index contributed by atoms with van der Waals surface area (Å²) in [7, 11) is 0.525. The van der Waals surface area contributed by atoms with Crippen LogP contribution >= 0.6 is 15.8 Å². The Bertz CT molecular complexity index is 171. The van der Waals surface area contributed by atoms with Crippen LogP contribution in [-0.4, -0.2) is 34.0 Å². The average Bonchev–Trinajstić information content (AvgIpc) is 2.12. The molecule has 0 heterocycles. The Morgan fingerprint density at radius 2 is 0.435 bits per heavy atom. The maximum Gasteiger partial charge on any atom is 2.00 e. The summed E-state index contributed by atoms with van der Waals surface area (Å²) in [5, 5.41) is 0. The van der Waals surface area contributed by atoms with E-state index in [-0.39, 0.29) is 57.1 Å². The molecule has 23 heavy (non-hydrogen) atoms. The van der Waals surface area contributed by atoms with E-state index >= 15 is 0 Å². The van der Waals surface area contributed by atoms with Gasteiger partial charge in [0, 0.05) is 0 Å². The van der Waals surface area contributed by atoms with E-state index in [0.29, 0.717) is 0 Å². The Morgan fingerprint density at radius 3 is 0.435 bits per heavy atom. The van der Waals surface area contributed by atoms with Crippen LogP contribution in [0.4, 0.5) is 0 Å². The number of hydrogen-bond acceptors (Lipinski definition) is 0. The van der Waals surface area contributed by atoms with E-state index < -0.39 is 0 Å². The van der Waals surface area contributed by atoms with Gasteiger partial charge in [-0.25, -0.2) is 0 Å². The summed E-state index contributed by atoms with van der Waals surface area (Å²) in [6, 6.07) is 0. The smallest absolute Gasteiger partial charge is 1.00 e. The summed E-state index contributed by atoms with van der Waals surface area (Å²) in [5.74, 6) is 0. The van der Waals surface area contributed by atoms with Crippen molar-refractivity contribution in [1.82, 2.24) is 0 Å². The van der Waals surface area contributed by atoms with Crippen molar-refractivity contribution in [2.75, 3.05) is 0 Å². The molecule has 0 unspecified atom stereocenters. The molecule has 0 aromatic heterocycles. The van der Waals surface area contributed by atoms with Gasteiger partial charge in [-0.3, -0.25) is 0 Å². The summed E-state index contributed by atoms with van der Waals surface area (Å²) < 4.78 is 0. The van der Waals surface area contributed by atoms with Crippen LogP contribution in [0.15, 0.2) is 0 Å². The van der Waals surface area contributed by atoms with E-state index in [9.17, 15) is 0 Å². The van der Waals surface area contributed by atoms with Crippen LogP contribution in [0, 0.1) is 0 Å². The van der Waals surface area contributed by atoms with Crippen molar-refractivity contribution in [3.8, 4) is 0 Å². The van der Waals surface area contributed by atoms with Gasteiger partial charge in [0.1, 0.15) is 0 Å². The van der Waals surface area contributed by atoms with Gasteiger partial charge in [-0.15, -0.1) is 0 Å². The van der Waals surface area contributed by atoms with Crippen LogP contribution in [0.1, 0.15) is 83.1 Å². The van der Waals surface area contributed by atoms with Gasteiger partial charge in [-0.1, -0.05) is 98.9 Å². The predicted octanol–water partition coefficient (Wildman–Crippen LogP) is 1.39. The normalized spacial score (nSPS) is 11.0. The predicted molar refractivity (Wildman–Crippen MR) is 105 cm³/mol. The van der Waals surface area contributed by atoms with Gasteiger partial charge >= 0.3 is 16.5 Å². The molecule has 0 saturated heterocycles. The molecule has 0 rings (SSSR count).